The molecule has 1 aliphatic rings. The van der Waals surface area contributed by atoms with Crippen molar-refractivity contribution in [3.8, 4) is 0 Å². The molecule has 1 atom stereocenters. The van der Waals surface area contributed by atoms with E-state index in [4.69, 9.17) is 0 Å². The standard InChI is InChI=1S/C14H22BrN3O/c1-4-17(12-5-6-16-8-12)14(19)13-7-11(15)9-18(13)10(2)3/h7,9-10,12,16H,4-6,8H2,1-3H3. The molecule has 0 radical (unpaired) electrons. The van der Waals surface area contributed by atoms with Crippen LogP contribution in [-0.4, -0.2) is 41.1 Å². The van der Waals surface area contributed by atoms with Gasteiger partial charge in [-0.05, 0) is 55.7 Å². The van der Waals surface area contributed by atoms with Gasteiger partial charge in [0.25, 0.3) is 5.91 Å². The van der Waals surface area contributed by atoms with Crippen LogP contribution in [0.15, 0.2) is 16.7 Å². The van der Waals surface area contributed by atoms with Gasteiger partial charge in [-0.1, -0.05) is 0 Å². The van der Waals surface area contributed by atoms with Crippen molar-refractivity contribution in [3.63, 3.8) is 0 Å². The van der Waals surface area contributed by atoms with E-state index in [1.54, 1.807) is 0 Å². The highest BCUT2D eigenvalue weighted by Crippen LogP contribution is 2.22. The summed E-state index contributed by atoms with van der Waals surface area (Å²) < 4.78 is 3.00. The van der Waals surface area contributed by atoms with Gasteiger partial charge in [0.05, 0.1) is 0 Å². The third-order valence-electron chi connectivity index (χ3n) is 3.67. The first-order chi connectivity index (χ1) is 9.04. The normalized spacial score (nSPS) is 19.1. The maximum atomic E-state index is 12.8. The Morgan fingerprint density at radius 2 is 2.37 bits per heavy atom. The van der Waals surface area contributed by atoms with E-state index >= 15 is 0 Å². The summed E-state index contributed by atoms with van der Waals surface area (Å²) in [4.78, 5) is 14.7. The Labute approximate surface area is 123 Å². The van der Waals surface area contributed by atoms with Crippen LogP contribution < -0.4 is 5.32 Å². The average molecular weight is 328 g/mol. The Hall–Kier alpha value is -0.810. The largest absolute Gasteiger partial charge is 0.340 e. The average Bonchev–Trinajstić information content (AvgIpc) is 2.99. The number of carbonyl (C=O) groups excluding carboxylic acids is 1. The van der Waals surface area contributed by atoms with Gasteiger partial charge in [0.1, 0.15) is 5.69 Å². The fourth-order valence-corrected chi connectivity index (χ4v) is 3.10. The van der Waals surface area contributed by atoms with E-state index in [2.05, 4.69) is 35.1 Å². The summed E-state index contributed by atoms with van der Waals surface area (Å²) in [5.74, 6) is 0.135. The molecule has 0 aromatic carbocycles. The molecule has 1 unspecified atom stereocenters. The molecule has 1 aliphatic heterocycles. The summed E-state index contributed by atoms with van der Waals surface area (Å²) in [5.41, 5.74) is 0.774. The maximum absolute atomic E-state index is 12.8. The van der Waals surface area contributed by atoms with Gasteiger partial charge in [-0.15, -0.1) is 0 Å². The second-order valence-electron chi connectivity index (χ2n) is 5.28. The Bertz CT molecular complexity index is 450. The van der Waals surface area contributed by atoms with E-state index in [-0.39, 0.29) is 11.9 Å². The summed E-state index contributed by atoms with van der Waals surface area (Å²) >= 11 is 3.47. The van der Waals surface area contributed by atoms with Gasteiger partial charge in [-0.2, -0.15) is 0 Å². The second kappa shape index (κ2) is 6.09. The number of halogens is 1. The van der Waals surface area contributed by atoms with Crippen LogP contribution in [0.4, 0.5) is 0 Å². The molecular weight excluding hydrogens is 306 g/mol. The summed E-state index contributed by atoms with van der Waals surface area (Å²) in [6, 6.07) is 2.53. The van der Waals surface area contributed by atoms with E-state index in [1.165, 1.54) is 0 Å². The number of likely N-dealkylation sites (N-methyl/N-ethyl adjacent to an activating group) is 1. The predicted octanol–water partition coefficient (Wildman–Crippen LogP) is 2.66. The first-order valence-corrected chi connectivity index (χ1v) is 7.73. The van der Waals surface area contributed by atoms with Crippen LogP contribution in [0.25, 0.3) is 0 Å². The van der Waals surface area contributed by atoms with Crippen LogP contribution in [0.5, 0.6) is 0 Å². The molecule has 0 bridgehead atoms. The molecule has 1 saturated heterocycles. The molecule has 0 saturated carbocycles. The minimum absolute atomic E-state index is 0.135. The lowest BCUT2D eigenvalue weighted by Gasteiger charge is -2.28. The Morgan fingerprint density at radius 3 is 2.89 bits per heavy atom. The topological polar surface area (TPSA) is 37.3 Å². The van der Waals surface area contributed by atoms with Crippen molar-refractivity contribution in [2.75, 3.05) is 19.6 Å². The number of hydrogen-bond donors (Lipinski definition) is 1. The zero-order valence-corrected chi connectivity index (χ0v) is 13.4. The summed E-state index contributed by atoms with van der Waals surface area (Å²) in [5, 5.41) is 3.33. The van der Waals surface area contributed by atoms with E-state index in [1.807, 2.05) is 28.7 Å². The van der Waals surface area contributed by atoms with Crippen LogP contribution in [0, 0.1) is 0 Å². The fourth-order valence-electron chi connectivity index (χ4n) is 2.66. The molecule has 0 spiro atoms. The molecule has 1 amide bonds. The Kier molecular flexibility index (Phi) is 4.68. The predicted molar refractivity (Wildman–Crippen MR) is 80.5 cm³/mol. The smallest absolute Gasteiger partial charge is 0.270 e. The molecule has 1 aromatic rings. The number of nitrogens with zero attached hydrogens (tertiary/aromatic N) is 2. The van der Waals surface area contributed by atoms with Crippen LogP contribution >= 0.6 is 15.9 Å². The molecule has 2 heterocycles. The highest BCUT2D eigenvalue weighted by atomic mass is 79.9. The van der Waals surface area contributed by atoms with E-state index in [0.717, 1.165) is 36.2 Å². The minimum Gasteiger partial charge on any atom is -0.340 e. The third kappa shape index (κ3) is 3.03. The van der Waals surface area contributed by atoms with Crippen molar-refractivity contribution >= 4 is 21.8 Å². The van der Waals surface area contributed by atoms with Crippen LogP contribution in [-0.2, 0) is 0 Å². The van der Waals surface area contributed by atoms with Gasteiger partial charge in [-0.25, -0.2) is 0 Å². The molecule has 19 heavy (non-hydrogen) atoms. The highest BCUT2D eigenvalue weighted by molar-refractivity contribution is 9.10. The number of rotatable bonds is 4. The summed E-state index contributed by atoms with van der Waals surface area (Å²) in [6.07, 6.45) is 3.03. The maximum Gasteiger partial charge on any atom is 0.270 e. The molecule has 2 rings (SSSR count). The quantitative estimate of drug-likeness (QED) is 0.923. The molecule has 0 aliphatic carbocycles. The fraction of sp³-hybridized carbons (Fsp3) is 0.643. The minimum atomic E-state index is 0.135. The number of aromatic nitrogens is 1. The zero-order chi connectivity index (χ0) is 14.0. The lowest BCUT2D eigenvalue weighted by molar-refractivity contribution is 0.0691. The van der Waals surface area contributed by atoms with Crippen molar-refractivity contribution in [1.82, 2.24) is 14.8 Å². The molecule has 1 N–H and O–H groups in total. The van der Waals surface area contributed by atoms with Crippen LogP contribution in [0.3, 0.4) is 0 Å². The molecule has 5 heteroatoms. The molecule has 1 aromatic heterocycles. The molecular formula is C14H22BrN3O. The summed E-state index contributed by atoms with van der Waals surface area (Å²) in [7, 11) is 0. The summed E-state index contributed by atoms with van der Waals surface area (Å²) in [6.45, 7) is 8.90. The SMILES string of the molecule is CCN(C(=O)c1cc(Br)cn1C(C)C)C1CCNC1. The van der Waals surface area contributed by atoms with Gasteiger partial charge >= 0.3 is 0 Å². The van der Waals surface area contributed by atoms with E-state index in [0.29, 0.717) is 6.04 Å². The van der Waals surface area contributed by atoms with Crippen LogP contribution in [0.2, 0.25) is 0 Å². The number of nitrogens with one attached hydrogen (secondary N) is 1. The molecule has 4 nitrogen and oxygen atoms in total. The van der Waals surface area contributed by atoms with Gasteiger partial charge in [0, 0.05) is 35.8 Å². The highest BCUT2D eigenvalue weighted by Gasteiger charge is 2.28. The monoisotopic (exact) mass is 327 g/mol. The van der Waals surface area contributed by atoms with Crippen molar-refractivity contribution in [2.45, 2.75) is 39.3 Å². The van der Waals surface area contributed by atoms with Crippen molar-refractivity contribution < 1.29 is 4.79 Å². The Balaban J connectivity index is 2.26. The van der Waals surface area contributed by atoms with Gasteiger partial charge < -0.3 is 14.8 Å². The van der Waals surface area contributed by atoms with Gasteiger partial charge in [0.15, 0.2) is 0 Å². The zero-order valence-electron chi connectivity index (χ0n) is 11.8. The lowest BCUT2D eigenvalue weighted by Crippen LogP contribution is -2.42. The Morgan fingerprint density at radius 1 is 1.63 bits per heavy atom. The first kappa shape index (κ1) is 14.6. The number of hydrogen-bond acceptors (Lipinski definition) is 2. The lowest BCUT2D eigenvalue weighted by atomic mass is 10.2. The molecule has 106 valence electrons. The second-order valence-corrected chi connectivity index (χ2v) is 6.20. The van der Waals surface area contributed by atoms with Crippen molar-refractivity contribution in [1.29, 1.82) is 0 Å². The third-order valence-corrected chi connectivity index (χ3v) is 4.10. The van der Waals surface area contributed by atoms with Gasteiger partial charge in [-0.3, -0.25) is 4.79 Å². The number of carbonyl (C=O) groups is 1. The van der Waals surface area contributed by atoms with Crippen molar-refractivity contribution in [2.24, 2.45) is 0 Å². The molecule has 1 fully saturated rings. The van der Waals surface area contributed by atoms with Crippen molar-refractivity contribution in [3.05, 3.63) is 22.4 Å². The van der Waals surface area contributed by atoms with Crippen LogP contribution in [0.1, 0.15) is 43.7 Å². The van der Waals surface area contributed by atoms with Gasteiger partial charge in [0.2, 0.25) is 0 Å². The van der Waals surface area contributed by atoms with E-state index < -0.39 is 0 Å². The number of amides is 1. The van der Waals surface area contributed by atoms with E-state index in [9.17, 15) is 4.79 Å². The first-order valence-electron chi connectivity index (χ1n) is 6.93.